The van der Waals surface area contributed by atoms with E-state index in [9.17, 15) is 18.8 Å². The van der Waals surface area contributed by atoms with E-state index >= 15 is 0 Å². The van der Waals surface area contributed by atoms with Crippen molar-refractivity contribution in [3.05, 3.63) is 64.9 Å². The van der Waals surface area contributed by atoms with Crippen molar-refractivity contribution in [2.75, 3.05) is 18.5 Å². The molecule has 1 aliphatic heterocycles. The summed E-state index contributed by atoms with van der Waals surface area (Å²) < 4.78 is 18.5. The topological polar surface area (TPSA) is 79.0 Å². The third kappa shape index (κ3) is 4.07. The van der Waals surface area contributed by atoms with Crippen LogP contribution in [0.2, 0.25) is 5.02 Å². The Morgan fingerprint density at radius 1 is 1.29 bits per heavy atom. The summed E-state index contributed by atoms with van der Waals surface area (Å²) in [7, 11) is 1.45. The highest BCUT2D eigenvalue weighted by Gasteiger charge is 2.42. The van der Waals surface area contributed by atoms with Crippen LogP contribution in [-0.4, -0.2) is 42.6 Å². The number of rotatable bonds is 4. The Labute approximate surface area is 165 Å². The van der Waals surface area contributed by atoms with Crippen LogP contribution in [0.25, 0.3) is 0 Å². The number of carbonyl (C=O) groups excluding carboxylic acids is 3. The van der Waals surface area contributed by atoms with Crippen molar-refractivity contribution >= 4 is 35.3 Å². The number of amides is 4. The molecule has 1 unspecified atom stereocenters. The third-order valence-corrected chi connectivity index (χ3v) is 4.57. The van der Waals surface area contributed by atoms with Gasteiger partial charge in [-0.05, 0) is 23.8 Å². The second-order valence-corrected chi connectivity index (χ2v) is 6.51. The van der Waals surface area contributed by atoms with Crippen LogP contribution < -0.4 is 10.2 Å². The Morgan fingerprint density at radius 2 is 2.00 bits per heavy atom. The number of ether oxygens (including phenoxy) is 1. The fourth-order valence-corrected chi connectivity index (χ4v) is 2.92. The lowest BCUT2D eigenvalue weighted by Gasteiger charge is -2.25. The van der Waals surface area contributed by atoms with Crippen molar-refractivity contribution in [2.45, 2.75) is 12.6 Å². The SMILES string of the molecule is CN(C(=O)C1CNC(=O)N1C(=O)OCc1ccccc1)c1ccc(F)c(Cl)c1. The number of urea groups is 1. The number of anilines is 1. The van der Waals surface area contributed by atoms with Gasteiger partial charge in [0.2, 0.25) is 0 Å². The van der Waals surface area contributed by atoms with E-state index in [1.165, 1.54) is 24.1 Å². The smallest absolute Gasteiger partial charge is 0.419 e. The fraction of sp³-hybridized carbons (Fsp3) is 0.211. The standard InChI is InChI=1S/C19H17ClFN3O4/c1-23(13-7-8-15(21)14(20)9-13)17(25)16-10-22-18(26)24(16)19(27)28-11-12-5-3-2-4-6-12/h2-9,16H,10-11H2,1H3,(H,22,26). The van der Waals surface area contributed by atoms with Gasteiger partial charge >= 0.3 is 12.1 Å². The fourth-order valence-electron chi connectivity index (χ4n) is 2.74. The van der Waals surface area contributed by atoms with Gasteiger partial charge in [0.05, 0.1) is 5.02 Å². The molecule has 1 aliphatic rings. The molecule has 0 aromatic heterocycles. The van der Waals surface area contributed by atoms with Crippen molar-refractivity contribution < 1.29 is 23.5 Å². The van der Waals surface area contributed by atoms with Crippen LogP contribution in [0, 0.1) is 5.82 Å². The molecule has 2 aromatic carbocycles. The first-order valence-electron chi connectivity index (χ1n) is 8.39. The van der Waals surface area contributed by atoms with Gasteiger partial charge < -0.3 is 15.0 Å². The number of nitrogens with one attached hydrogen (secondary N) is 1. The van der Waals surface area contributed by atoms with Crippen LogP contribution in [0.15, 0.2) is 48.5 Å². The van der Waals surface area contributed by atoms with Crippen LogP contribution in [0.5, 0.6) is 0 Å². The van der Waals surface area contributed by atoms with Crippen molar-refractivity contribution in [3.8, 4) is 0 Å². The summed E-state index contributed by atoms with van der Waals surface area (Å²) in [6, 6.07) is 10.9. The molecule has 1 atom stereocenters. The zero-order chi connectivity index (χ0) is 20.3. The van der Waals surface area contributed by atoms with E-state index in [1.807, 2.05) is 6.07 Å². The molecule has 28 heavy (non-hydrogen) atoms. The van der Waals surface area contributed by atoms with Gasteiger partial charge in [-0.15, -0.1) is 0 Å². The van der Waals surface area contributed by atoms with E-state index in [-0.39, 0.29) is 18.2 Å². The normalized spacial score (nSPS) is 15.9. The molecule has 0 radical (unpaired) electrons. The molecule has 146 valence electrons. The quantitative estimate of drug-likeness (QED) is 0.847. The summed E-state index contributed by atoms with van der Waals surface area (Å²) in [5.74, 6) is -1.16. The average Bonchev–Trinajstić information content (AvgIpc) is 3.09. The maximum absolute atomic E-state index is 13.3. The molecule has 1 fully saturated rings. The molecule has 3 rings (SSSR count). The van der Waals surface area contributed by atoms with Gasteiger partial charge in [0, 0.05) is 19.3 Å². The van der Waals surface area contributed by atoms with Gasteiger partial charge in [0.15, 0.2) is 0 Å². The lowest BCUT2D eigenvalue weighted by Crippen LogP contribution is -2.49. The molecule has 7 nitrogen and oxygen atoms in total. The Kier molecular flexibility index (Phi) is 5.79. The summed E-state index contributed by atoms with van der Waals surface area (Å²) in [6.07, 6.45) is -0.928. The first kappa shape index (κ1) is 19.6. The Bertz CT molecular complexity index is 909. The molecule has 1 N–H and O–H groups in total. The van der Waals surface area contributed by atoms with Crippen molar-refractivity contribution in [2.24, 2.45) is 0 Å². The van der Waals surface area contributed by atoms with Crippen molar-refractivity contribution in [3.63, 3.8) is 0 Å². The number of hydrogen-bond donors (Lipinski definition) is 1. The number of halogens is 2. The van der Waals surface area contributed by atoms with Gasteiger partial charge in [-0.25, -0.2) is 18.9 Å². The molecule has 1 heterocycles. The highest BCUT2D eigenvalue weighted by Crippen LogP contribution is 2.23. The van der Waals surface area contributed by atoms with Gasteiger partial charge in [-0.3, -0.25) is 4.79 Å². The molecular formula is C19H17ClFN3O4. The molecule has 2 aromatic rings. The molecule has 4 amide bonds. The van der Waals surface area contributed by atoms with Crippen LogP contribution in [-0.2, 0) is 16.1 Å². The Hall–Kier alpha value is -3.13. The van der Waals surface area contributed by atoms with Gasteiger partial charge in [-0.2, -0.15) is 0 Å². The first-order chi connectivity index (χ1) is 13.4. The van der Waals surface area contributed by atoms with Crippen LogP contribution >= 0.6 is 11.6 Å². The number of likely N-dealkylation sites (N-methyl/N-ethyl adjacent to an activating group) is 1. The maximum Gasteiger partial charge on any atom is 0.419 e. The second-order valence-electron chi connectivity index (χ2n) is 6.11. The Morgan fingerprint density at radius 3 is 2.68 bits per heavy atom. The van der Waals surface area contributed by atoms with Gasteiger partial charge in [0.25, 0.3) is 5.91 Å². The highest BCUT2D eigenvalue weighted by atomic mass is 35.5. The molecule has 0 saturated carbocycles. The number of nitrogens with zero attached hydrogens (tertiary/aromatic N) is 2. The van der Waals surface area contributed by atoms with E-state index < -0.39 is 29.9 Å². The van der Waals surface area contributed by atoms with E-state index in [0.717, 1.165) is 16.5 Å². The molecule has 9 heteroatoms. The molecule has 1 saturated heterocycles. The molecule has 0 aliphatic carbocycles. The monoisotopic (exact) mass is 405 g/mol. The molecule has 0 spiro atoms. The highest BCUT2D eigenvalue weighted by molar-refractivity contribution is 6.31. The van der Waals surface area contributed by atoms with Gasteiger partial charge in [-0.1, -0.05) is 41.9 Å². The maximum atomic E-state index is 13.3. The Balaban J connectivity index is 1.72. The van der Waals surface area contributed by atoms with Crippen LogP contribution in [0.4, 0.5) is 19.7 Å². The van der Waals surface area contributed by atoms with E-state index in [2.05, 4.69) is 5.32 Å². The number of benzene rings is 2. The average molecular weight is 406 g/mol. The summed E-state index contributed by atoms with van der Waals surface area (Å²) in [4.78, 5) is 39.2. The van der Waals surface area contributed by atoms with Crippen LogP contribution in [0.3, 0.4) is 0 Å². The zero-order valence-electron chi connectivity index (χ0n) is 14.9. The molecule has 0 bridgehead atoms. The summed E-state index contributed by atoms with van der Waals surface area (Å²) in [6.45, 7) is -0.0921. The van der Waals surface area contributed by atoms with E-state index in [0.29, 0.717) is 5.69 Å². The number of imide groups is 1. The minimum absolute atomic E-state index is 0.0340. The minimum atomic E-state index is -1.09. The zero-order valence-corrected chi connectivity index (χ0v) is 15.6. The predicted octanol–water partition coefficient (Wildman–Crippen LogP) is 3.17. The second kappa shape index (κ2) is 8.26. The van der Waals surface area contributed by atoms with Crippen molar-refractivity contribution in [1.82, 2.24) is 10.2 Å². The largest absolute Gasteiger partial charge is 0.444 e. The first-order valence-corrected chi connectivity index (χ1v) is 8.76. The summed E-state index contributed by atoms with van der Waals surface area (Å²) in [5.41, 5.74) is 1.07. The lowest BCUT2D eigenvalue weighted by atomic mass is 10.2. The number of hydrogen-bond acceptors (Lipinski definition) is 4. The van der Waals surface area contributed by atoms with E-state index in [1.54, 1.807) is 24.3 Å². The van der Waals surface area contributed by atoms with Crippen LogP contribution in [0.1, 0.15) is 5.56 Å². The van der Waals surface area contributed by atoms with Crippen molar-refractivity contribution in [1.29, 1.82) is 0 Å². The van der Waals surface area contributed by atoms with E-state index in [4.69, 9.17) is 16.3 Å². The third-order valence-electron chi connectivity index (χ3n) is 4.29. The summed E-state index contributed by atoms with van der Waals surface area (Å²) in [5, 5.41) is 2.32. The molecular weight excluding hydrogens is 389 g/mol. The lowest BCUT2D eigenvalue weighted by molar-refractivity contribution is -0.121. The minimum Gasteiger partial charge on any atom is -0.444 e. The number of carbonyl (C=O) groups is 3. The summed E-state index contributed by atoms with van der Waals surface area (Å²) >= 11 is 5.76. The van der Waals surface area contributed by atoms with Gasteiger partial charge in [0.1, 0.15) is 18.5 Å². The predicted molar refractivity (Wildman–Crippen MR) is 100 cm³/mol.